The molecule has 0 unspecified atom stereocenters. The normalized spacial score (nSPS) is 11.4. The van der Waals surface area contributed by atoms with E-state index in [1.807, 2.05) is 24.5 Å². The van der Waals surface area contributed by atoms with Gasteiger partial charge in [-0.05, 0) is 11.8 Å². The summed E-state index contributed by atoms with van der Waals surface area (Å²) in [5.41, 5.74) is 2.22. The molecule has 5 heteroatoms. The summed E-state index contributed by atoms with van der Waals surface area (Å²) in [6, 6.07) is 8.26. The second kappa shape index (κ2) is 5.30. The van der Waals surface area contributed by atoms with Gasteiger partial charge in [-0.1, -0.05) is 42.8 Å². The third-order valence-corrected chi connectivity index (χ3v) is 5.30. The minimum Gasteiger partial charge on any atom is -0.263 e. The van der Waals surface area contributed by atoms with Crippen molar-refractivity contribution in [3.05, 3.63) is 53.0 Å². The molecule has 0 amide bonds. The van der Waals surface area contributed by atoms with Gasteiger partial charge in [0.15, 0.2) is 0 Å². The predicted octanol–water partition coefficient (Wildman–Crippen LogP) is 5.12. The number of pyridine rings is 1. The van der Waals surface area contributed by atoms with Crippen LogP contribution in [-0.2, 0) is 6.42 Å². The molecule has 0 N–H and O–H groups in total. The van der Waals surface area contributed by atoms with Crippen molar-refractivity contribution in [1.82, 2.24) is 15.0 Å². The Bertz CT molecular complexity index is 988. The van der Waals surface area contributed by atoms with Crippen LogP contribution in [0.2, 0.25) is 5.15 Å². The zero-order valence-corrected chi connectivity index (χ0v) is 13.4. The topological polar surface area (TPSA) is 38.7 Å². The molecule has 0 aliphatic heterocycles. The second-order valence-corrected chi connectivity index (χ2v) is 6.45. The molecular formula is C17H12ClN3S. The van der Waals surface area contributed by atoms with E-state index in [9.17, 15) is 0 Å². The van der Waals surface area contributed by atoms with Crippen LogP contribution in [0.5, 0.6) is 0 Å². The molecule has 3 aromatic heterocycles. The summed E-state index contributed by atoms with van der Waals surface area (Å²) in [5.74, 6) is 0. The first-order chi connectivity index (χ1) is 10.8. The maximum absolute atomic E-state index is 6.37. The number of aromatic nitrogens is 3. The third-order valence-electron chi connectivity index (χ3n) is 3.77. The van der Waals surface area contributed by atoms with Gasteiger partial charge in [0.05, 0.1) is 5.39 Å². The fourth-order valence-electron chi connectivity index (χ4n) is 2.79. The van der Waals surface area contributed by atoms with Crippen molar-refractivity contribution in [2.45, 2.75) is 13.3 Å². The average Bonchev–Trinajstić information content (AvgIpc) is 2.94. The highest BCUT2D eigenvalue weighted by atomic mass is 35.5. The lowest BCUT2D eigenvalue weighted by Crippen LogP contribution is -1.88. The summed E-state index contributed by atoms with van der Waals surface area (Å²) in [4.78, 5) is 15.1. The molecule has 108 valence electrons. The number of rotatable bonds is 2. The Balaban J connectivity index is 2.16. The maximum Gasteiger partial charge on any atom is 0.141 e. The third kappa shape index (κ3) is 1.99. The summed E-state index contributed by atoms with van der Waals surface area (Å²) in [6.07, 6.45) is 6.24. The van der Waals surface area contributed by atoms with Gasteiger partial charge in [0.1, 0.15) is 16.3 Å². The summed E-state index contributed by atoms with van der Waals surface area (Å²) in [7, 11) is 0. The molecular weight excluding hydrogens is 314 g/mol. The highest BCUT2D eigenvalue weighted by Crippen LogP contribution is 2.42. The van der Waals surface area contributed by atoms with Crippen LogP contribution >= 0.6 is 22.9 Å². The van der Waals surface area contributed by atoms with Crippen LogP contribution in [0.15, 0.2) is 43.0 Å². The van der Waals surface area contributed by atoms with E-state index in [-0.39, 0.29) is 0 Å². The van der Waals surface area contributed by atoms with Crippen LogP contribution in [0, 0.1) is 0 Å². The quantitative estimate of drug-likeness (QED) is 0.480. The molecule has 0 aliphatic rings. The first-order valence-electron chi connectivity index (χ1n) is 7.04. The molecule has 22 heavy (non-hydrogen) atoms. The Morgan fingerprint density at radius 2 is 2.00 bits per heavy atom. The lowest BCUT2D eigenvalue weighted by Gasteiger charge is -2.08. The van der Waals surface area contributed by atoms with E-state index in [0.29, 0.717) is 5.15 Å². The van der Waals surface area contributed by atoms with Crippen molar-refractivity contribution in [2.75, 3.05) is 0 Å². The van der Waals surface area contributed by atoms with Gasteiger partial charge in [0.2, 0.25) is 0 Å². The van der Waals surface area contributed by atoms with Gasteiger partial charge in [-0.3, -0.25) is 4.98 Å². The SMILES string of the molecule is CCc1sc2ncnc(Cl)c2c1-c1cncc2ccccc12. The van der Waals surface area contributed by atoms with Crippen molar-refractivity contribution in [1.29, 1.82) is 0 Å². The number of halogens is 1. The molecule has 0 saturated carbocycles. The van der Waals surface area contributed by atoms with Crippen LogP contribution in [0.4, 0.5) is 0 Å². The van der Waals surface area contributed by atoms with Gasteiger partial charge in [-0.25, -0.2) is 9.97 Å². The monoisotopic (exact) mass is 325 g/mol. The van der Waals surface area contributed by atoms with E-state index >= 15 is 0 Å². The molecule has 1 aromatic carbocycles. The highest BCUT2D eigenvalue weighted by molar-refractivity contribution is 7.19. The molecule has 0 spiro atoms. The minimum atomic E-state index is 0.504. The number of nitrogens with zero attached hydrogens (tertiary/aromatic N) is 3. The van der Waals surface area contributed by atoms with Crippen LogP contribution in [0.1, 0.15) is 11.8 Å². The number of hydrogen-bond acceptors (Lipinski definition) is 4. The van der Waals surface area contributed by atoms with E-state index in [0.717, 1.165) is 33.2 Å². The average molecular weight is 326 g/mol. The Hall–Kier alpha value is -2.04. The molecule has 0 bridgehead atoms. The first kappa shape index (κ1) is 13.6. The number of thiophene rings is 1. The molecule has 3 nitrogen and oxygen atoms in total. The fourth-order valence-corrected chi connectivity index (χ4v) is 4.17. The largest absolute Gasteiger partial charge is 0.263 e. The smallest absolute Gasteiger partial charge is 0.141 e. The lowest BCUT2D eigenvalue weighted by atomic mass is 9.99. The van der Waals surface area contributed by atoms with Crippen LogP contribution in [0.25, 0.3) is 32.1 Å². The highest BCUT2D eigenvalue weighted by Gasteiger charge is 2.18. The Kier molecular flexibility index (Phi) is 3.28. The van der Waals surface area contributed by atoms with Crippen molar-refractivity contribution in [3.8, 4) is 11.1 Å². The summed E-state index contributed by atoms with van der Waals surface area (Å²) < 4.78 is 0. The Morgan fingerprint density at radius 3 is 2.86 bits per heavy atom. The lowest BCUT2D eigenvalue weighted by molar-refractivity contribution is 1.19. The zero-order valence-electron chi connectivity index (χ0n) is 11.9. The van der Waals surface area contributed by atoms with Gasteiger partial charge >= 0.3 is 0 Å². The Morgan fingerprint density at radius 1 is 1.14 bits per heavy atom. The second-order valence-electron chi connectivity index (χ2n) is 5.01. The molecule has 0 radical (unpaired) electrons. The van der Waals surface area contributed by atoms with Gasteiger partial charge in [0, 0.05) is 33.8 Å². The summed E-state index contributed by atoms with van der Waals surface area (Å²) >= 11 is 8.05. The summed E-state index contributed by atoms with van der Waals surface area (Å²) in [6.45, 7) is 2.15. The van der Waals surface area contributed by atoms with Crippen LogP contribution in [-0.4, -0.2) is 15.0 Å². The zero-order chi connectivity index (χ0) is 15.1. The summed E-state index contributed by atoms with van der Waals surface area (Å²) in [5, 5.41) is 3.73. The number of hydrogen-bond donors (Lipinski definition) is 0. The van der Waals surface area contributed by atoms with E-state index < -0.39 is 0 Å². The standard InChI is InChI=1S/C17H12ClN3S/c1-2-13-14(15-16(18)20-9-21-17(15)22-13)12-8-19-7-10-5-3-4-6-11(10)12/h3-9H,2H2,1H3. The van der Waals surface area contributed by atoms with Crippen molar-refractivity contribution >= 4 is 43.9 Å². The number of fused-ring (bicyclic) bond motifs is 2. The number of benzene rings is 1. The molecule has 4 aromatic rings. The Labute approximate surface area is 136 Å². The van der Waals surface area contributed by atoms with E-state index in [1.54, 1.807) is 11.3 Å². The van der Waals surface area contributed by atoms with Crippen molar-refractivity contribution < 1.29 is 0 Å². The van der Waals surface area contributed by atoms with E-state index in [4.69, 9.17) is 11.6 Å². The van der Waals surface area contributed by atoms with Crippen LogP contribution < -0.4 is 0 Å². The minimum absolute atomic E-state index is 0.504. The maximum atomic E-state index is 6.37. The van der Waals surface area contributed by atoms with Crippen LogP contribution in [0.3, 0.4) is 0 Å². The molecule has 0 saturated heterocycles. The van der Waals surface area contributed by atoms with Gasteiger partial charge < -0.3 is 0 Å². The van der Waals surface area contributed by atoms with E-state index in [2.05, 4.69) is 34.0 Å². The van der Waals surface area contributed by atoms with Gasteiger partial charge in [-0.15, -0.1) is 11.3 Å². The molecule has 0 fully saturated rings. The van der Waals surface area contributed by atoms with Gasteiger partial charge in [-0.2, -0.15) is 0 Å². The van der Waals surface area contributed by atoms with Gasteiger partial charge in [0.25, 0.3) is 0 Å². The van der Waals surface area contributed by atoms with Crippen molar-refractivity contribution in [2.24, 2.45) is 0 Å². The number of aryl methyl sites for hydroxylation is 1. The molecule has 0 atom stereocenters. The molecule has 0 aliphatic carbocycles. The molecule has 4 rings (SSSR count). The molecule has 3 heterocycles. The first-order valence-corrected chi connectivity index (χ1v) is 8.24. The fraction of sp³-hybridized carbons (Fsp3) is 0.118. The van der Waals surface area contributed by atoms with Crippen molar-refractivity contribution in [3.63, 3.8) is 0 Å². The predicted molar refractivity (Wildman–Crippen MR) is 92.5 cm³/mol. The van der Waals surface area contributed by atoms with E-state index in [1.165, 1.54) is 16.6 Å².